The van der Waals surface area contributed by atoms with E-state index < -0.39 is 0 Å². The summed E-state index contributed by atoms with van der Waals surface area (Å²) >= 11 is 3.40. The first-order chi connectivity index (χ1) is 11.0. The fraction of sp³-hybridized carbons (Fsp3) is 0.211. The lowest BCUT2D eigenvalue weighted by molar-refractivity contribution is -0.131. The summed E-state index contributed by atoms with van der Waals surface area (Å²) in [6.07, 6.45) is 0.383. The lowest BCUT2D eigenvalue weighted by atomic mass is 10.1. The number of carbonyl (C=O) groups excluding carboxylic acids is 1. The molecule has 0 unspecified atom stereocenters. The van der Waals surface area contributed by atoms with Crippen LogP contribution in [0.1, 0.15) is 24.3 Å². The molecule has 0 aliphatic carbocycles. The van der Waals surface area contributed by atoms with Gasteiger partial charge in [0.15, 0.2) is 0 Å². The average Bonchev–Trinajstić information content (AvgIpc) is 2.99. The summed E-state index contributed by atoms with van der Waals surface area (Å²) in [5, 5.41) is 1.06. The normalized spacial score (nSPS) is 12.3. The van der Waals surface area contributed by atoms with Crippen LogP contribution in [-0.4, -0.2) is 17.9 Å². The minimum absolute atomic E-state index is 0.0697. The van der Waals surface area contributed by atoms with Gasteiger partial charge < -0.3 is 9.32 Å². The van der Waals surface area contributed by atoms with E-state index in [1.165, 1.54) is 0 Å². The van der Waals surface area contributed by atoms with Crippen LogP contribution >= 0.6 is 15.9 Å². The maximum absolute atomic E-state index is 12.5. The number of fused-ring (bicyclic) bond motifs is 1. The van der Waals surface area contributed by atoms with E-state index in [2.05, 4.69) is 15.9 Å². The SMILES string of the molecule is C[C@H](c1cc2ccccc2o1)N(C)C(=O)Cc1ccc(Br)cc1. The zero-order chi connectivity index (χ0) is 16.4. The first-order valence-electron chi connectivity index (χ1n) is 7.53. The van der Waals surface area contributed by atoms with Crippen molar-refractivity contribution in [1.82, 2.24) is 4.90 Å². The van der Waals surface area contributed by atoms with Gasteiger partial charge >= 0.3 is 0 Å². The molecule has 0 radical (unpaired) electrons. The third-order valence-corrected chi connectivity index (χ3v) is 4.63. The molecule has 0 N–H and O–H groups in total. The number of nitrogens with zero attached hydrogens (tertiary/aromatic N) is 1. The van der Waals surface area contributed by atoms with Crippen LogP contribution in [0.3, 0.4) is 0 Å². The fourth-order valence-corrected chi connectivity index (χ4v) is 2.78. The number of hydrogen-bond acceptors (Lipinski definition) is 2. The number of furan rings is 1. The first kappa shape index (κ1) is 15.8. The third kappa shape index (κ3) is 3.48. The molecule has 0 saturated heterocycles. The van der Waals surface area contributed by atoms with Crippen molar-refractivity contribution in [2.45, 2.75) is 19.4 Å². The number of hydrogen-bond donors (Lipinski definition) is 0. The topological polar surface area (TPSA) is 33.5 Å². The highest BCUT2D eigenvalue weighted by atomic mass is 79.9. The van der Waals surface area contributed by atoms with Crippen LogP contribution in [0.2, 0.25) is 0 Å². The molecular formula is C19H18BrNO2. The van der Waals surface area contributed by atoms with Gasteiger partial charge in [0.2, 0.25) is 5.91 Å². The van der Waals surface area contributed by atoms with Crippen LogP contribution in [0.4, 0.5) is 0 Å². The minimum atomic E-state index is -0.106. The van der Waals surface area contributed by atoms with Gasteiger partial charge in [-0.1, -0.05) is 46.3 Å². The highest BCUT2D eigenvalue weighted by molar-refractivity contribution is 9.10. The Balaban J connectivity index is 1.74. The number of benzene rings is 2. The van der Waals surface area contributed by atoms with E-state index in [4.69, 9.17) is 4.42 Å². The molecule has 0 saturated carbocycles. The Morgan fingerprint density at radius 3 is 2.57 bits per heavy atom. The van der Waals surface area contributed by atoms with Gasteiger partial charge in [-0.05, 0) is 36.8 Å². The van der Waals surface area contributed by atoms with E-state index in [1.807, 2.05) is 68.6 Å². The average molecular weight is 372 g/mol. The van der Waals surface area contributed by atoms with E-state index in [-0.39, 0.29) is 11.9 Å². The Hall–Kier alpha value is -2.07. The summed E-state index contributed by atoms with van der Waals surface area (Å²) in [5.74, 6) is 0.873. The lowest BCUT2D eigenvalue weighted by Crippen LogP contribution is -2.30. The van der Waals surface area contributed by atoms with E-state index >= 15 is 0 Å². The third-order valence-electron chi connectivity index (χ3n) is 4.10. The van der Waals surface area contributed by atoms with E-state index in [1.54, 1.807) is 4.90 Å². The number of likely N-dealkylation sites (N-methyl/N-ethyl adjacent to an activating group) is 1. The molecule has 23 heavy (non-hydrogen) atoms. The van der Waals surface area contributed by atoms with Gasteiger partial charge in [0, 0.05) is 16.9 Å². The molecule has 118 valence electrons. The Bertz CT molecular complexity index is 790. The molecule has 1 atom stereocenters. The van der Waals surface area contributed by atoms with Gasteiger partial charge in [-0.2, -0.15) is 0 Å². The Morgan fingerprint density at radius 1 is 1.17 bits per heavy atom. The molecule has 1 heterocycles. The summed E-state index contributed by atoms with van der Waals surface area (Å²) in [4.78, 5) is 14.2. The molecule has 1 amide bonds. The van der Waals surface area contributed by atoms with Gasteiger partial charge in [0.1, 0.15) is 11.3 Å². The maximum atomic E-state index is 12.5. The second kappa shape index (κ2) is 6.59. The summed E-state index contributed by atoms with van der Waals surface area (Å²) in [5.41, 5.74) is 1.85. The predicted octanol–water partition coefficient (Wildman–Crippen LogP) is 4.96. The molecule has 0 spiro atoms. The maximum Gasteiger partial charge on any atom is 0.227 e. The number of halogens is 1. The van der Waals surface area contributed by atoms with Crippen molar-refractivity contribution >= 4 is 32.8 Å². The molecule has 0 aliphatic heterocycles. The minimum Gasteiger partial charge on any atom is -0.459 e. The summed E-state index contributed by atoms with van der Waals surface area (Å²) in [6.45, 7) is 1.98. The number of para-hydroxylation sites is 1. The van der Waals surface area contributed by atoms with Crippen LogP contribution in [-0.2, 0) is 11.2 Å². The van der Waals surface area contributed by atoms with Gasteiger partial charge in [0.25, 0.3) is 0 Å². The number of rotatable bonds is 4. The molecule has 3 aromatic rings. The zero-order valence-corrected chi connectivity index (χ0v) is 14.7. The second-order valence-corrected chi connectivity index (χ2v) is 6.59. The van der Waals surface area contributed by atoms with Crippen molar-refractivity contribution in [2.24, 2.45) is 0 Å². The molecule has 4 heteroatoms. The quantitative estimate of drug-likeness (QED) is 0.649. The van der Waals surface area contributed by atoms with Crippen molar-refractivity contribution in [3.05, 3.63) is 70.4 Å². The zero-order valence-electron chi connectivity index (χ0n) is 13.1. The molecule has 1 aromatic heterocycles. The van der Waals surface area contributed by atoms with E-state index in [0.29, 0.717) is 6.42 Å². The molecule has 0 fully saturated rings. The van der Waals surface area contributed by atoms with Crippen molar-refractivity contribution in [2.75, 3.05) is 7.05 Å². The first-order valence-corrected chi connectivity index (χ1v) is 8.32. The van der Waals surface area contributed by atoms with Crippen LogP contribution in [0.25, 0.3) is 11.0 Å². The van der Waals surface area contributed by atoms with Gasteiger partial charge in [0.05, 0.1) is 12.5 Å². The van der Waals surface area contributed by atoms with Crippen molar-refractivity contribution in [3.63, 3.8) is 0 Å². The molecule has 3 nitrogen and oxygen atoms in total. The van der Waals surface area contributed by atoms with Gasteiger partial charge in [-0.25, -0.2) is 0 Å². The molecule has 3 rings (SSSR count). The lowest BCUT2D eigenvalue weighted by Gasteiger charge is -2.23. The molecule has 0 aliphatic rings. The molecule has 2 aromatic carbocycles. The highest BCUT2D eigenvalue weighted by Gasteiger charge is 2.20. The van der Waals surface area contributed by atoms with Crippen LogP contribution < -0.4 is 0 Å². The second-order valence-electron chi connectivity index (χ2n) is 5.67. The Kier molecular flexibility index (Phi) is 4.53. The number of amides is 1. The van der Waals surface area contributed by atoms with E-state index in [9.17, 15) is 4.79 Å². The Labute approximate surface area is 144 Å². The van der Waals surface area contributed by atoms with Crippen molar-refractivity contribution in [3.8, 4) is 0 Å². The largest absolute Gasteiger partial charge is 0.459 e. The summed E-state index contributed by atoms with van der Waals surface area (Å²) < 4.78 is 6.88. The van der Waals surface area contributed by atoms with E-state index in [0.717, 1.165) is 26.8 Å². The Morgan fingerprint density at radius 2 is 1.87 bits per heavy atom. The van der Waals surface area contributed by atoms with Crippen molar-refractivity contribution < 1.29 is 9.21 Å². The summed E-state index contributed by atoms with van der Waals surface area (Å²) in [6, 6.07) is 17.6. The van der Waals surface area contributed by atoms with Crippen LogP contribution in [0, 0.1) is 0 Å². The van der Waals surface area contributed by atoms with Gasteiger partial charge in [-0.3, -0.25) is 4.79 Å². The molecule has 0 bridgehead atoms. The van der Waals surface area contributed by atoms with Crippen LogP contribution in [0.5, 0.6) is 0 Å². The van der Waals surface area contributed by atoms with Crippen LogP contribution in [0.15, 0.2) is 63.5 Å². The monoisotopic (exact) mass is 371 g/mol. The highest BCUT2D eigenvalue weighted by Crippen LogP contribution is 2.27. The van der Waals surface area contributed by atoms with Crippen molar-refractivity contribution in [1.29, 1.82) is 0 Å². The fourth-order valence-electron chi connectivity index (χ4n) is 2.52. The smallest absolute Gasteiger partial charge is 0.227 e. The predicted molar refractivity (Wildman–Crippen MR) is 95.2 cm³/mol. The summed E-state index contributed by atoms with van der Waals surface area (Å²) in [7, 11) is 1.82. The van der Waals surface area contributed by atoms with Gasteiger partial charge in [-0.15, -0.1) is 0 Å². The standard InChI is InChI=1S/C19H18BrNO2/c1-13(18-12-15-5-3-4-6-17(15)23-18)21(2)19(22)11-14-7-9-16(20)10-8-14/h3-10,12-13H,11H2,1-2H3/t13-/m1/s1. The molecular weight excluding hydrogens is 354 g/mol. The number of carbonyl (C=O) groups is 1.